The van der Waals surface area contributed by atoms with E-state index in [1.54, 1.807) is 12.3 Å². The minimum atomic E-state index is -0.915. The fourth-order valence-electron chi connectivity index (χ4n) is 1.81. The standard InChI is InChI=1S/C14H13BrN2O2/c1-9-6-7-16-13(17-9)11(14(18)19)8-10-4-2-3-5-12(10)15/h2-7,11H,8H2,1H3,(H,18,19). The van der Waals surface area contributed by atoms with Gasteiger partial charge in [0.15, 0.2) is 0 Å². The van der Waals surface area contributed by atoms with E-state index in [4.69, 9.17) is 0 Å². The lowest BCUT2D eigenvalue weighted by molar-refractivity contribution is -0.139. The van der Waals surface area contributed by atoms with Gasteiger partial charge in [-0.2, -0.15) is 0 Å². The van der Waals surface area contributed by atoms with E-state index in [2.05, 4.69) is 25.9 Å². The zero-order valence-electron chi connectivity index (χ0n) is 10.4. The van der Waals surface area contributed by atoms with Crippen molar-refractivity contribution in [2.24, 2.45) is 0 Å². The lowest BCUT2D eigenvalue weighted by Crippen LogP contribution is -2.18. The molecular formula is C14H13BrN2O2. The molecule has 0 bridgehead atoms. The van der Waals surface area contributed by atoms with Crippen molar-refractivity contribution in [3.63, 3.8) is 0 Å². The van der Waals surface area contributed by atoms with Crippen LogP contribution in [0.5, 0.6) is 0 Å². The van der Waals surface area contributed by atoms with Crippen molar-refractivity contribution < 1.29 is 9.90 Å². The van der Waals surface area contributed by atoms with Gasteiger partial charge in [0.25, 0.3) is 0 Å². The monoisotopic (exact) mass is 320 g/mol. The van der Waals surface area contributed by atoms with Gasteiger partial charge in [0, 0.05) is 16.4 Å². The van der Waals surface area contributed by atoms with Gasteiger partial charge < -0.3 is 5.11 Å². The number of nitrogens with zero attached hydrogens (tertiary/aromatic N) is 2. The minimum Gasteiger partial charge on any atom is -0.481 e. The molecule has 0 aliphatic rings. The molecular weight excluding hydrogens is 308 g/mol. The highest BCUT2D eigenvalue weighted by molar-refractivity contribution is 9.10. The molecule has 0 saturated carbocycles. The van der Waals surface area contributed by atoms with Gasteiger partial charge in [-0.1, -0.05) is 34.1 Å². The maximum Gasteiger partial charge on any atom is 0.314 e. The second kappa shape index (κ2) is 5.93. The van der Waals surface area contributed by atoms with Gasteiger partial charge in [0.05, 0.1) is 0 Å². The number of benzene rings is 1. The molecule has 4 nitrogen and oxygen atoms in total. The molecule has 5 heteroatoms. The van der Waals surface area contributed by atoms with E-state index in [1.807, 2.05) is 31.2 Å². The Bertz CT molecular complexity index is 602. The van der Waals surface area contributed by atoms with Crippen LogP contribution in [-0.2, 0) is 11.2 Å². The molecule has 1 heterocycles. The molecule has 0 spiro atoms. The first-order chi connectivity index (χ1) is 9.08. The van der Waals surface area contributed by atoms with Gasteiger partial charge in [-0.05, 0) is 31.0 Å². The van der Waals surface area contributed by atoms with E-state index in [0.717, 1.165) is 15.7 Å². The van der Waals surface area contributed by atoms with Crippen LogP contribution in [0.25, 0.3) is 0 Å². The van der Waals surface area contributed by atoms with Gasteiger partial charge in [0.1, 0.15) is 11.7 Å². The van der Waals surface area contributed by atoms with E-state index < -0.39 is 11.9 Å². The Balaban J connectivity index is 2.32. The predicted octanol–water partition coefficient (Wildman–Crippen LogP) is 2.96. The minimum absolute atomic E-state index is 0.350. The number of aliphatic carboxylic acids is 1. The van der Waals surface area contributed by atoms with Crippen molar-refractivity contribution in [3.05, 3.63) is 58.1 Å². The molecule has 0 aliphatic heterocycles. The zero-order chi connectivity index (χ0) is 13.8. The van der Waals surface area contributed by atoms with E-state index in [-0.39, 0.29) is 0 Å². The molecule has 0 radical (unpaired) electrons. The third-order valence-electron chi connectivity index (χ3n) is 2.81. The van der Waals surface area contributed by atoms with Gasteiger partial charge >= 0.3 is 5.97 Å². The molecule has 1 aromatic heterocycles. The van der Waals surface area contributed by atoms with Gasteiger partial charge in [-0.3, -0.25) is 4.79 Å². The fraction of sp³-hybridized carbons (Fsp3) is 0.214. The third-order valence-corrected chi connectivity index (χ3v) is 3.58. The van der Waals surface area contributed by atoms with Crippen LogP contribution in [0.4, 0.5) is 0 Å². The number of hydrogen-bond acceptors (Lipinski definition) is 3. The van der Waals surface area contributed by atoms with Crippen LogP contribution in [0.1, 0.15) is 23.0 Å². The molecule has 0 saturated heterocycles. The highest BCUT2D eigenvalue weighted by atomic mass is 79.9. The smallest absolute Gasteiger partial charge is 0.314 e. The lowest BCUT2D eigenvalue weighted by Gasteiger charge is -2.12. The molecule has 1 unspecified atom stereocenters. The summed E-state index contributed by atoms with van der Waals surface area (Å²) < 4.78 is 0.897. The molecule has 98 valence electrons. The first-order valence-corrected chi connectivity index (χ1v) is 6.63. The number of carbonyl (C=O) groups is 1. The zero-order valence-corrected chi connectivity index (χ0v) is 12.0. The summed E-state index contributed by atoms with van der Waals surface area (Å²) in [6, 6.07) is 9.32. The summed E-state index contributed by atoms with van der Waals surface area (Å²) in [5.74, 6) is -1.30. The van der Waals surface area contributed by atoms with Gasteiger partial charge in [-0.15, -0.1) is 0 Å². The molecule has 0 amide bonds. The molecule has 0 fully saturated rings. The van der Waals surface area contributed by atoms with E-state index in [9.17, 15) is 9.90 Å². The summed E-state index contributed by atoms with van der Waals surface area (Å²) in [5.41, 5.74) is 1.70. The Morgan fingerprint density at radius 2 is 2.11 bits per heavy atom. The molecule has 1 aromatic carbocycles. The molecule has 19 heavy (non-hydrogen) atoms. The Morgan fingerprint density at radius 3 is 2.74 bits per heavy atom. The van der Waals surface area contributed by atoms with Crippen LogP contribution >= 0.6 is 15.9 Å². The quantitative estimate of drug-likeness (QED) is 0.940. The van der Waals surface area contributed by atoms with Crippen LogP contribution in [-0.4, -0.2) is 21.0 Å². The Kier molecular flexibility index (Phi) is 4.27. The second-order valence-corrected chi connectivity index (χ2v) is 5.10. The van der Waals surface area contributed by atoms with E-state index in [1.165, 1.54) is 0 Å². The number of hydrogen-bond donors (Lipinski definition) is 1. The number of carboxylic acids is 1. The van der Waals surface area contributed by atoms with Crippen molar-refractivity contribution in [1.29, 1.82) is 0 Å². The predicted molar refractivity (Wildman–Crippen MR) is 75.0 cm³/mol. The van der Waals surface area contributed by atoms with E-state index >= 15 is 0 Å². The molecule has 2 aromatic rings. The van der Waals surface area contributed by atoms with Crippen LogP contribution in [0, 0.1) is 6.92 Å². The third kappa shape index (κ3) is 3.38. The topological polar surface area (TPSA) is 63.1 Å². The molecule has 1 atom stereocenters. The summed E-state index contributed by atoms with van der Waals surface area (Å²) in [6.45, 7) is 1.82. The summed E-state index contributed by atoms with van der Waals surface area (Å²) in [6.07, 6.45) is 1.95. The van der Waals surface area contributed by atoms with Crippen molar-refractivity contribution in [2.75, 3.05) is 0 Å². The number of aromatic nitrogens is 2. The van der Waals surface area contributed by atoms with Crippen molar-refractivity contribution >= 4 is 21.9 Å². The first kappa shape index (κ1) is 13.7. The maximum atomic E-state index is 11.4. The van der Waals surface area contributed by atoms with Crippen LogP contribution in [0.2, 0.25) is 0 Å². The Morgan fingerprint density at radius 1 is 1.37 bits per heavy atom. The number of aryl methyl sites for hydroxylation is 1. The maximum absolute atomic E-state index is 11.4. The molecule has 2 rings (SSSR count). The Labute approximate surface area is 119 Å². The van der Waals surface area contributed by atoms with Crippen molar-refractivity contribution in [1.82, 2.24) is 9.97 Å². The summed E-state index contributed by atoms with van der Waals surface area (Å²) >= 11 is 3.43. The van der Waals surface area contributed by atoms with E-state index in [0.29, 0.717) is 12.2 Å². The second-order valence-electron chi connectivity index (χ2n) is 4.24. The number of halogens is 1. The van der Waals surface area contributed by atoms with Crippen LogP contribution in [0.3, 0.4) is 0 Å². The fourth-order valence-corrected chi connectivity index (χ4v) is 2.26. The number of rotatable bonds is 4. The lowest BCUT2D eigenvalue weighted by atomic mass is 9.98. The Hall–Kier alpha value is -1.75. The average Bonchev–Trinajstić information content (AvgIpc) is 2.37. The highest BCUT2D eigenvalue weighted by Gasteiger charge is 2.24. The largest absolute Gasteiger partial charge is 0.481 e. The van der Waals surface area contributed by atoms with Gasteiger partial charge in [-0.25, -0.2) is 9.97 Å². The first-order valence-electron chi connectivity index (χ1n) is 5.83. The van der Waals surface area contributed by atoms with Crippen molar-refractivity contribution in [2.45, 2.75) is 19.3 Å². The SMILES string of the molecule is Cc1ccnc(C(Cc2ccccc2Br)C(=O)O)n1. The highest BCUT2D eigenvalue weighted by Crippen LogP contribution is 2.24. The summed E-state index contributed by atoms with van der Waals surface area (Å²) in [7, 11) is 0. The van der Waals surface area contributed by atoms with Crippen LogP contribution in [0.15, 0.2) is 41.0 Å². The summed E-state index contributed by atoms with van der Waals surface area (Å²) in [4.78, 5) is 19.7. The van der Waals surface area contributed by atoms with Crippen LogP contribution < -0.4 is 0 Å². The molecule has 1 N–H and O–H groups in total. The average molecular weight is 321 g/mol. The number of carboxylic acid groups (broad SMARTS) is 1. The van der Waals surface area contributed by atoms with Crippen molar-refractivity contribution in [3.8, 4) is 0 Å². The summed E-state index contributed by atoms with van der Waals surface area (Å²) in [5, 5.41) is 9.37. The molecule has 0 aliphatic carbocycles. The normalized spacial score (nSPS) is 12.1. The van der Waals surface area contributed by atoms with Gasteiger partial charge in [0.2, 0.25) is 0 Å².